The molecule has 0 rings (SSSR count). The lowest BCUT2D eigenvalue weighted by Gasteiger charge is -2.22. The first-order valence-corrected chi connectivity index (χ1v) is 6.65. The summed E-state index contributed by atoms with van der Waals surface area (Å²) in [6.45, 7) is -1.52. The molecule has 12 nitrogen and oxygen atoms in total. The van der Waals surface area contributed by atoms with Crippen molar-refractivity contribution in [1.82, 2.24) is 0 Å². The predicted octanol–water partition coefficient (Wildman–Crippen LogP) is -6.76. The van der Waals surface area contributed by atoms with E-state index < -0.39 is 62.0 Å². The Bertz CT molecular complexity index is 308. The number of aliphatic hydroxyl groups is 10. The second-order valence-electron chi connectivity index (χ2n) is 4.72. The minimum absolute atomic E-state index is 0.0258. The van der Waals surface area contributed by atoms with Crippen LogP contribution in [0.3, 0.4) is 0 Å². The molecule has 0 aliphatic rings. The van der Waals surface area contributed by atoms with Crippen molar-refractivity contribution in [2.75, 3.05) is 13.2 Å². The van der Waals surface area contributed by atoms with Crippen LogP contribution >= 0.6 is 0 Å². The van der Waals surface area contributed by atoms with Gasteiger partial charge in [0.1, 0.15) is 48.8 Å². The molecule has 0 saturated heterocycles. The van der Waals surface area contributed by atoms with E-state index in [2.05, 4.69) is 0 Å². The highest BCUT2D eigenvalue weighted by atomic mass is 16.4. The van der Waals surface area contributed by atoms with Crippen LogP contribution in [0, 0.1) is 0 Å². The van der Waals surface area contributed by atoms with Crippen LogP contribution in [0.5, 0.6) is 0 Å². The standard InChI is InChI=1S/2C6H12O6/c2*7-1-3(9)5(11)6(12)4(10)2-8/h2*1,3-6,8-12H,2H2/t3-,4+,5+,6-;/m0./s1. The number of carbonyl (C=O) groups is 2. The first kappa shape index (κ1) is 25.2. The maximum absolute atomic E-state index is 9.90. The number of aldehydes is 2. The summed E-state index contributed by atoms with van der Waals surface area (Å²) in [6.07, 6.45) is -13.7. The van der Waals surface area contributed by atoms with Crippen molar-refractivity contribution in [3.05, 3.63) is 0 Å². The molecule has 8 atom stereocenters. The van der Waals surface area contributed by atoms with Gasteiger partial charge in [-0.05, 0) is 0 Å². The van der Waals surface area contributed by atoms with Crippen molar-refractivity contribution < 1.29 is 60.7 Å². The van der Waals surface area contributed by atoms with E-state index in [1.54, 1.807) is 0 Å². The zero-order valence-electron chi connectivity index (χ0n) is 12.5. The van der Waals surface area contributed by atoms with Crippen molar-refractivity contribution in [3.63, 3.8) is 0 Å². The summed E-state index contributed by atoms with van der Waals surface area (Å²) in [5.74, 6) is 0. The van der Waals surface area contributed by atoms with E-state index in [0.29, 0.717) is 0 Å². The summed E-state index contributed by atoms with van der Waals surface area (Å²) in [5.41, 5.74) is 0. The van der Waals surface area contributed by atoms with Gasteiger partial charge in [-0.2, -0.15) is 0 Å². The quantitative estimate of drug-likeness (QED) is 0.164. The molecule has 24 heavy (non-hydrogen) atoms. The minimum atomic E-state index is -1.79. The predicted molar refractivity (Wildman–Crippen MR) is 74.4 cm³/mol. The lowest BCUT2D eigenvalue weighted by atomic mass is 10.0. The first-order valence-electron chi connectivity index (χ1n) is 6.65. The topological polar surface area (TPSA) is 236 Å². The van der Waals surface area contributed by atoms with Gasteiger partial charge in [0.25, 0.3) is 0 Å². The largest absolute Gasteiger partial charge is 0.394 e. The van der Waals surface area contributed by atoms with Crippen molar-refractivity contribution >= 4 is 12.6 Å². The average molecular weight is 360 g/mol. The van der Waals surface area contributed by atoms with Crippen molar-refractivity contribution in [2.45, 2.75) is 48.8 Å². The Balaban J connectivity index is 0. The Kier molecular flexibility index (Phi) is 13.9. The molecule has 0 aliphatic carbocycles. The van der Waals surface area contributed by atoms with E-state index in [9.17, 15) is 9.59 Å². The van der Waals surface area contributed by atoms with E-state index in [-0.39, 0.29) is 12.6 Å². The third kappa shape index (κ3) is 8.70. The van der Waals surface area contributed by atoms with Crippen molar-refractivity contribution in [3.8, 4) is 0 Å². The van der Waals surface area contributed by atoms with Gasteiger partial charge in [0.05, 0.1) is 13.2 Å². The molecule has 0 aliphatic heterocycles. The van der Waals surface area contributed by atoms with Gasteiger partial charge in [-0.1, -0.05) is 0 Å². The first-order chi connectivity index (χ1) is 11.1. The fourth-order valence-electron chi connectivity index (χ4n) is 1.24. The van der Waals surface area contributed by atoms with E-state index in [4.69, 9.17) is 51.1 Å². The van der Waals surface area contributed by atoms with Gasteiger partial charge in [-0.25, -0.2) is 0 Å². The molecule has 0 radical (unpaired) electrons. The fraction of sp³-hybridized carbons (Fsp3) is 0.833. The van der Waals surface area contributed by atoms with Gasteiger partial charge in [0.15, 0.2) is 12.6 Å². The van der Waals surface area contributed by atoms with Crippen LogP contribution in [0.1, 0.15) is 0 Å². The summed E-state index contributed by atoms with van der Waals surface area (Å²) in [5, 5.41) is 87.1. The molecule has 0 aromatic carbocycles. The molecule has 0 saturated carbocycles. The Morgan fingerprint density at radius 2 is 0.792 bits per heavy atom. The van der Waals surface area contributed by atoms with Gasteiger partial charge in [-0.15, -0.1) is 0 Å². The summed E-state index contributed by atoms with van der Waals surface area (Å²) in [6, 6.07) is 0. The molecule has 12 heteroatoms. The van der Waals surface area contributed by atoms with E-state index in [1.807, 2.05) is 0 Å². The number of aliphatic hydroxyl groups excluding tert-OH is 10. The van der Waals surface area contributed by atoms with Gasteiger partial charge in [-0.3, -0.25) is 0 Å². The van der Waals surface area contributed by atoms with Crippen LogP contribution in [-0.2, 0) is 9.59 Å². The Labute approximate surface area is 136 Å². The zero-order chi connectivity index (χ0) is 19.4. The molecule has 4 unspecified atom stereocenters. The number of carbonyl (C=O) groups excluding carboxylic acids is 2. The molecule has 0 aromatic heterocycles. The molecule has 0 bridgehead atoms. The maximum atomic E-state index is 9.90. The zero-order valence-corrected chi connectivity index (χ0v) is 12.5. The highest BCUT2D eigenvalue weighted by Gasteiger charge is 2.30. The summed E-state index contributed by atoms with van der Waals surface area (Å²) < 4.78 is 0. The lowest BCUT2D eigenvalue weighted by molar-refractivity contribution is -0.136. The van der Waals surface area contributed by atoms with Crippen molar-refractivity contribution in [2.24, 2.45) is 0 Å². The van der Waals surface area contributed by atoms with E-state index in [0.717, 1.165) is 0 Å². The third-order valence-electron chi connectivity index (χ3n) is 2.84. The molecule has 0 spiro atoms. The molecule has 0 amide bonds. The fourth-order valence-corrected chi connectivity index (χ4v) is 1.24. The van der Waals surface area contributed by atoms with Crippen LogP contribution < -0.4 is 0 Å². The molecule has 0 heterocycles. The van der Waals surface area contributed by atoms with E-state index in [1.165, 1.54) is 0 Å². The number of hydrogen-bond acceptors (Lipinski definition) is 12. The average Bonchev–Trinajstić information content (AvgIpc) is 2.62. The summed E-state index contributed by atoms with van der Waals surface area (Å²) in [4.78, 5) is 19.8. The van der Waals surface area contributed by atoms with Crippen LogP contribution in [-0.4, -0.2) is 126 Å². The molecule has 0 fully saturated rings. The van der Waals surface area contributed by atoms with Gasteiger partial charge in [0.2, 0.25) is 0 Å². The highest BCUT2D eigenvalue weighted by Crippen LogP contribution is 2.03. The second-order valence-corrected chi connectivity index (χ2v) is 4.72. The smallest absolute Gasteiger partial charge is 0.151 e. The maximum Gasteiger partial charge on any atom is 0.151 e. The summed E-state index contributed by atoms with van der Waals surface area (Å²) in [7, 11) is 0. The van der Waals surface area contributed by atoms with Gasteiger partial charge in [0, 0.05) is 0 Å². The SMILES string of the molecule is O=CC(O)C(O)C(O)C(O)CO.O=C[C@H](O)[C@@H](O)[C@@H](O)[C@H](O)CO. The Morgan fingerprint density at radius 3 is 0.958 bits per heavy atom. The molecular formula is C12H24O12. The normalized spacial score (nSPS) is 21.1. The molecular weight excluding hydrogens is 336 g/mol. The Morgan fingerprint density at radius 1 is 0.542 bits per heavy atom. The van der Waals surface area contributed by atoms with E-state index >= 15 is 0 Å². The van der Waals surface area contributed by atoms with Crippen molar-refractivity contribution in [1.29, 1.82) is 0 Å². The molecule has 144 valence electrons. The molecule has 10 N–H and O–H groups in total. The third-order valence-corrected chi connectivity index (χ3v) is 2.84. The highest BCUT2D eigenvalue weighted by molar-refractivity contribution is 5.57. The Hall–Kier alpha value is -1.06. The van der Waals surface area contributed by atoms with Gasteiger partial charge < -0.3 is 60.7 Å². The van der Waals surface area contributed by atoms with Crippen LogP contribution in [0.25, 0.3) is 0 Å². The minimum Gasteiger partial charge on any atom is -0.394 e. The van der Waals surface area contributed by atoms with Crippen LogP contribution in [0.2, 0.25) is 0 Å². The molecule has 0 aromatic rings. The lowest BCUT2D eigenvalue weighted by Crippen LogP contribution is -2.46. The van der Waals surface area contributed by atoms with Crippen LogP contribution in [0.15, 0.2) is 0 Å². The summed E-state index contributed by atoms with van der Waals surface area (Å²) >= 11 is 0. The monoisotopic (exact) mass is 360 g/mol. The van der Waals surface area contributed by atoms with Gasteiger partial charge >= 0.3 is 0 Å². The van der Waals surface area contributed by atoms with Crippen LogP contribution in [0.4, 0.5) is 0 Å². The number of rotatable bonds is 10. The number of hydrogen-bond donors (Lipinski definition) is 10. The second kappa shape index (κ2) is 13.3.